The number of anilines is 1. The molecule has 2 aromatic rings. The van der Waals surface area contributed by atoms with Gasteiger partial charge in [-0.2, -0.15) is 5.10 Å². The average molecular weight is 301 g/mol. The molecule has 6 nitrogen and oxygen atoms in total. The van der Waals surface area contributed by atoms with Crippen LogP contribution < -0.4 is 11.1 Å². The zero-order chi connectivity index (χ0) is 15.7. The second-order valence-electron chi connectivity index (χ2n) is 6.85. The third kappa shape index (κ3) is 2.97. The molecule has 22 heavy (non-hydrogen) atoms. The Morgan fingerprint density at radius 1 is 1.36 bits per heavy atom. The minimum Gasteiger partial charge on any atom is -0.325 e. The lowest BCUT2D eigenvalue weighted by molar-refractivity contribution is -0.121. The van der Waals surface area contributed by atoms with Crippen molar-refractivity contribution in [3.05, 3.63) is 18.5 Å². The number of nitrogens with one attached hydrogen (secondary N) is 2. The summed E-state index contributed by atoms with van der Waals surface area (Å²) in [6.07, 6.45) is 7.18. The SMILES string of the molecule is CC(C)(N)[C@H]1CC[C@H](C(=O)Nc2ccnc3[nH]ncc23)CC1. The second kappa shape index (κ2) is 5.68. The van der Waals surface area contributed by atoms with Crippen LogP contribution in [0.4, 0.5) is 5.69 Å². The summed E-state index contributed by atoms with van der Waals surface area (Å²) in [6.45, 7) is 4.15. The molecule has 0 bridgehead atoms. The lowest BCUT2D eigenvalue weighted by Crippen LogP contribution is -2.43. The fourth-order valence-corrected chi connectivity index (χ4v) is 3.29. The summed E-state index contributed by atoms with van der Waals surface area (Å²) in [5.74, 6) is 0.647. The molecule has 1 amide bonds. The quantitative estimate of drug-likeness (QED) is 0.811. The number of nitrogens with zero attached hydrogens (tertiary/aromatic N) is 2. The lowest BCUT2D eigenvalue weighted by Gasteiger charge is -2.36. The van der Waals surface area contributed by atoms with Crippen molar-refractivity contribution >= 4 is 22.6 Å². The molecule has 0 atom stereocenters. The number of hydrogen-bond acceptors (Lipinski definition) is 4. The van der Waals surface area contributed by atoms with Crippen molar-refractivity contribution in [1.29, 1.82) is 0 Å². The molecule has 3 rings (SSSR count). The highest BCUT2D eigenvalue weighted by molar-refractivity contribution is 6.00. The Kier molecular flexibility index (Phi) is 3.87. The Hall–Kier alpha value is -1.95. The van der Waals surface area contributed by atoms with Crippen LogP contribution in [0.3, 0.4) is 0 Å². The van der Waals surface area contributed by atoms with Crippen molar-refractivity contribution in [2.75, 3.05) is 5.32 Å². The third-order valence-electron chi connectivity index (χ3n) is 4.76. The number of amides is 1. The van der Waals surface area contributed by atoms with Crippen molar-refractivity contribution in [3.8, 4) is 0 Å². The van der Waals surface area contributed by atoms with Crippen LogP contribution in [0, 0.1) is 11.8 Å². The Bertz CT molecular complexity index is 664. The number of carbonyl (C=O) groups excluding carboxylic acids is 1. The van der Waals surface area contributed by atoms with Gasteiger partial charge in [-0.05, 0) is 51.5 Å². The van der Waals surface area contributed by atoms with E-state index in [1.165, 1.54) is 0 Å². The summed E-state index contributed by atoms with van der Waals surface area (Å²) in [5, 5.41) is 10.6. The molecular formula is C16H23N5O. The minimum atomic E-state index is -0.157. The number of pyridine rings is 1. The average Bonchev–Trinajstić information content (AvgIpc) is 2.96. The van der Waals surface area contributed by atoms with Gasteiger partial charge in [-0.1, -0.05) is 0 Å². The van der Waals surface area contributed by atoms with E-state index in [4.69, 9.17) is 5.73 Å². The van der Waals surface area contributed by atoms with Crippen molar-refractivity contribution in [2.45, 2.75) is 45.1 Å². The van der Waals surface area contributed by atoms with Crippen molar-refractivity contribution in [2.24, 2.45) is 17.6 Å². The number of aromatic nitrogens is 3. The molecule has 1 aliphatic rings. The van der Waals surface area contributed by atoms with Gasteiger partial charge >= 0.3 is 0 Å². The number of aromatic amines is 1. The minimum absolute atomic E-state index is 0.0636. The Labute approximate surface area is 129 Å². The normalized spacial score (nSPS) is 22.7. The number of rotatable bonds is 3. The van der Waals surface area contributed by atoms with E-state index in [-0.39, 0.29) is 17.4 Å². The van der Waals surface area contributed by atoms with Gasteiger partial charge in [0.1, 0.15) is 0 Å². The molecule has 2 aromatic heterocycles. The van der Waals surface area contributed by atoms with Crippen molar-refractivity contribution in [1.82, 2.24) is 15.2 Å². The Morgan fingerprint density at radius 3 is 2.77 bits per heavy atom. The van der Waals surface area contributed by atoms with Gasteiger partial charge in [0.2, 0.25) is 5.91 Å². The molecule has 1 aliphatic carbocycles. The molecule has 6 heteroatoms. The maximum Gasteiger partial charge on any atom is 0.227 e. The summed E-state index contributed by atoms with van der Waals surface area (Å²) in [4.78, 5) is 16.7. The van der Waals surface area contributed by atoms with Crippen LogP contribution in [0.1, 0.15) is 39.5 Å². The molecular weight excluding hydrogens is 278 g/mol. The first-order valence-electron chi connectivity index (χ1n) is 7.83. The molecule has 0 radical (unpaired) electrons. The van der Waals surface area contributed by atoms with Crippen molar-refractivity contribution < 1.29 is 4.79 Å². The van der Waals surface area contributed by atoms with Crippen LogP contribution in [0.25, 0.3) is 11.0 Å². The smallest absolute Gasteiger partial charge is 0.227 e. The summed E-state index contributed by atoms with van der Waals surface area (Å²) in [7, 11) is 0. The van der Waals surface area contributed by atoms with E-state index < -0.39 is 0 Å². The maximum absolute atomic E-state index is 12.5. The monoisotopic (exact) mass is 301 g/mol. The summed E-state index contributed by atoms with van der Waals surface area (Å²) < 4.78 is 0. The van der Waals surface area contributed by atoms with E-state index >= 15 is 0 Å². The highest BCUT2D eigenvalue weighted by Gasteiger charge is 2.32. The maximum atomic E-state index is 12.5. The van der Waals surface area contributed by atoms with Gasteiger partial charge < -0.3 is 11.1 Å². The predicted molar refractivity (Wildman–Crippen MR) is 86.2 cm³/mol. The van der Waals surface area contributed by atoms with Crippen LogP contribution >= 0.6 is 0 Å². The fraction of sp³-hybridized carbons (Fsp3) is 0.562. The highest BCUT2D eigenvalue weighted by atomic mass is 16.1. The standard InChI is InChI=1S/C16H23N5O/c1-16(2,17)11-5-3-10(4-6-11)15(22)20-13-7-8-18-14-12(13)9-19-21-14/h7-11H,3-6,17H2,1-2H3,(H2,18,19,20,21,22)/t10-,11-. The first-order chi connectivity index (χ1) is 10.4. The number of H-pyrrole nitrogens is 1. The van der Waals surface area contributed by atoms with Gasteiger partial charge in [-0.25, -0.2) is 4.98 Å². The van der Waals surface area contributed by atoms with Crippen LogP contribution in [0.2, 0.25) is 0 Å². The molecule has 1 fully saturated rings. The molecule has 0 unspecified atom stereocenters. The number of hydrogen-bond donors (Lipinski definition) is 3. The molecule has 2 heterocycles. The molecule has 118 valence electrons. The topological polar surface area (TPSA) is 96.7 Å². The Balaban J connectivity index is 1.65. The van der Waals surface area contributed by atoms with E-state index in [1.54, 1.807) is 12.4 Å². The van der Waals surface area contributed by atoms with Gasteiger partial charge in [0.25, 0.3) is 0 Å². The molecule has 0 aromatic carbocycles. The highest BCUT2D eigenvalue weighted by Crippen LogP contribution is 2.35. The van der Waals surface area contributed by atoms with Crippen molar-refractivity contribution in [3.63, 3.8) is 0 Å². The zero-order valence-electron chi connectivity index (χ0n) is 13.1. The lowest BCUT2D eigenvalue weighted by atomic mass is 9.73. The molecule has 0 spiro atoms. The molecule has 1 saturated carbocycles. The molecule has 0 saturated heterocycles. The van der Waals surface area contributed by atoms with Gasteiger partial charge in [0, 0.05) is 17.7 Å². The molecule has 4 N–H and O–H groups in total. The predicted octanol–water partition coefficient (Wildman–Crippen LogP) is 2.44. The first kappa shape index (κ1) is 15.0. The first-order valence-corrected chi connectivity index (χ1v) is 7.83. The van der Waals surface area contributed by atoms with Gasteiger partial charge in [-0.3, -0.25) is 9.89 Å². The van der Waals surface area contributed by atoms with Crippen LogP contribution in [-0.2, 0) is 4.79 Å². The van der Waals surface area contributed by atoms with Gasteiger partial charge in [0.05, 0.1) is 17.3 Å². The third-order valence-corrected chi connectivity index (χ3v) is 4.76. The van der Waals surface area contributed by atoms with Crippen LogP contribution in [0.15, 0.2) is 18.5 Å². The molecule has 0 aliphatic heterocycles. The van der Waals surface area contributed by atoms with Crippen LogP contribution in [-0.4, -0.2) is 26.6 Å². The zero-order valence-corrected chi connectivity index (χ0v) is 13.1. The van der Waals surface area contributed by atoms with E-state index in [2.05, 4.69) is 34.3 Å². The van der Waals surface area contributed by atoms with E-state index in [1.807, 2.05) is 6.07 Å². The van der Waals surface area contributed by atoms with Gasteiger partial charge in [-0.15, -0.1) is 0 Å². The second-order valence-corrected chi connectivity index (χ2v) is 6.85. The van der Waals surface area contributed by atoms with E-state index in [9.17, 15) is 4.79 Å². The number of fused-ring (bicyclic) bond motifs is 1. The number of carbonyl (C=O) groups is 1. The fourth-order valence-electron chi connectivity index (χ4n) is 3.29. The Morgan fingerprint density at radius 2 is 2.09 bits per heavy atom. The largest absolute Gasteiger partial charge is 0.325 e. The van der Waals surface area contributed by atoms with Crippen LogP contribution in [0.5, 0.6) is 0 Å². The number of nitrogens with two attached hydrogens (primary N) is 1. The van der Waals surface area contributed by atoms with E-state index in [0.29, 0.717) is 11.6 Å². The summed E-state index contributed by atoms with van der Waals surface area (Å²) in [6, 6.07) is 1.81. The van der Waals surface area contributed by atoms with E-state index in [0.717, 1.165) is 36.8 Å². The summed E-state index contributed by atoms with van der Waals surface area (Å²) >= 11 is 0. The van der Waals surface area contributed by atoms with Gasteiger partial charge in [0.15, 0.2) is 5.65 Å². The summed E-state index contributed by atoms with van der Waals surface area (Å²) in [5.41, 5.74) is 7.49.